The Bertz CT molecular complexity index is 313. The van der Waals surface area contributed by atoms with Crippen molar-refractivity contribution in [2.45, 2.75) is 65.1 Å². The Kier molecular flexibility index (Phi) is 5.97. The van der Waals surface area contributed by atoms with E-state index in [9.17, 15) is 0 Å². The van der Waals surface area contributed by atoms with Crippen molar-refractivity contribution in [2.75, 3.05) is 0 Å². The third-order valence-electron chi connectivity index (χ3n) is 3.82. The van der Waals surface area contributed by atoms with Gasteiger partial charge in [-0.25, -0.2) is 0 Å². The molecule has 0 amide bonds. The molecule has 0 N–H and O–H groups in total. The molecule has 0 nitrogen and oxygen atoms in total. The minimum absolute atomic E-state index is 1.20. The summed E-state index contributed by atoms with van der Waals surface area (Å²) in [7, 11) is -1.20. The van der Waals surface area contributed by atoms with Gasteiger partial charge >= 0.3 is 0 Å². The second-order valence-corrected chi connectivity index (χ2v) is 10.0. The van der Waals surface area contributed by atoms with E-state index in [-0.39, 0.29) is 0 Å². The first-order valence-corrected chi connectivity index (χ1v) is 9.87. The van der Waals surface area contributed by atoms with Crippen LogP contribution in [-0.4, -0.2) is 8.07 Å². The van der Waals surface area contributed by atoms with Crippen molar-refractivity contribution in [1.82, 2.24) is 0 Å². The molecule has 17 heavy (non-hydrogen) atoms. The molecule has 0 unspecified atom stereocenters. The fourth-order valence-corrected chi connectivity index (χ4v) is 8.69. The van der Waals surface area contributed by atoms with Gasteiger partial charge < -0.3 is 0 Å². The molecule has 96 valence electrons. The first-order valence-electron chi connectivity index (χ1n) is 7.25. The van der Waals surface area contributed by atoms with Gasteiger partial charge in [0.2, 0.25) is 0 Å². The van der Waals surface area contributed by atoms with Crippen molar-refractivity contribution in [3.05, 3.63) is 29.8 Å². The maximum atomic E-state index is 2.47. The van der Waals surface area contributed by atoms with Gasteiger partial charge in [0.05, 0.1) is 8.07 Å². The molecule has 1 aromatic carbocycles. The molecule has 1 heteroatoms. The fraction of sp³-hybridized carbons (Fsp3) is 0.625. The van der Waals surface area contributed by atoms with Crippen LogP contribution in [0.5, 0.6) is 0 Å². The van der Waals surface area contributed by atoms with Gasteiger partial charge in [-0.1, -0.05) is 93.2 Å². The molecule has 0 atom stereocenters. The lowest BCUT2D eigenvalue weighted by Gasteiger charge is -2.32. The van der Waals surface area contributed by atoms with Gasteiger partial charge in [-0.3, -0.25) is 0 Å². The monoisotopic (exact) mass is 248 g/mol. The minimum Gasteiger partial charge on any atom is -0.0656 e. The van der Waals surface area contributed by atoms with Gasteiger partial charge in [-0.05, 0) is 6.92 Å². The lowest BCUT2D eigenvalue weighted by Crippen LogP contribution is -2.47. The smallest absolute Gasteiger partial charge is 0.0656 e. The van der Waals surface area contributed by atoms with Crippen LogP contribution < -0.4 is 5.19 Å². The lowest BCUT2D eigenvalue weighted by atomic mass is 10.2. The van der Waals surface area contributed by atoms with E-state index in [0.717, 1.165) is 0 Å². The molecule has 0 spiro atoms. The van der Waals surface area contributed by atoms with E-state index in [0.29, 0.717) is 0 Å². The van der Waals surface area contributed by atoms with Crippen LogP contribution >= 0.6 is 0 Å². The van der Waals surface area contributed by atoms with Crippen molar-refractivity contribution in [2.24, 2.45) is 0 Å². The second kappa shape index (κ2) is 7.00. The summed E-state index contributed by atoms with van der Waals surface area (Å²) in [5, 5.41) is 1.71. The van der Waals surface area contributed by atoms with Crippen LogP contribution in [0.15, 0.2) is 24.3 Å². The molecule has 0 heterocycles. The van der Waals surface area contributed by atoms with E-state index in [2.05, 4.69) is 52.0 Å². The lowest BCUT2D eigenvalue weighted by molar-refractivity contribution is 0.937. The Morgan fingerprint density at radius 3 is 1.82 bits per heavy atom. The summed E-state index contributed by atoms with van der Waals surface area (Å²) in [6, 6.07) is 13.8. The molecule has 0 aliphatic carbocycles. The zero-order valence-electron chi connectivity index (χ0n) is 12.1. The third kappa shape index (κ3) is 3.70. The van der Waals surface area contributed by atoms with Crippen molar-refractivity contribution in [3.8, 4) is 0 Å². The molecule has 0 fully saturated rings. The van der Waals surface area contributed by atoms with Crippen molar-refractivity contribution in [3.63, 3.8) is 0 Å². The average molecular weight is 248 g/mol. The highest BCUT2D eigenvalue weighted by atomic mass is 28.3. The number of hydrogen-bond donors (Lipinski definition) is 0. The highest BCUT2D eigenvalue weighted by Crippen LogP contribution is 2.26. The van der Waals surface area contributed by atoms with Gasteiger partial charge in [0, 0.05) is 0 Å². The highest BCUT2D eigenvalue weighted by Gasteiger charge is 2.31. The molecule has 0 aliphatic heterocycles. The number of rotatable bonds is 7. The Labute approximate surface area is 108 Å². The van der Waals surface area contributed by atoms with Crippen molar-refractivity contribution < 1.29 is 0 Å². The second-order valence-electron chi connectivity index (χ2n) is 5.40. The topological polar surface area (TPSA) is 0 Å². The first kappa shape index (κ1) is 14.5. The van der Waals surface area contributed by atoms with E-state index < -0.39 is 8.07 Å². The first-order chi connectivity index (χ1) is 8.18. The van der Waals surface area contributed by atoms with Gasteiger partial charge in [-0.15, -0.1) is 0 Å². The SMILES string of the molecule is CCC[Si](CCC)(CCC)c1cccc(C)c1. The summed E-state index contributed by atoms with van der Waals surface area (Å²) in [6.45, 7) is 9.28. The summed E-state index contributed by atoms with van der Waals surface area (Å²) >= 11 is 0. The molecule has 0 bridgehead atoms. The molecular weight excluding hydrogens is 220 g/mol. The van der Waals surface area contributed by atoms with Gasteiger partial charge in [0.1, 0.15) is 0 Å². The van der Waals surface area contributed by atoms with E-state index in [1.54, 1.807) is 5.19 Å². The molecule has 0 radical (unpaired) electrons. The Hall–Kier alpha value is -0.563. The number of benzene rings is 1. The van der Waals surface area contributed by atoms with Crippen LogP contribution in [0.1, 0.15) is 45.6 Å². The number of aryl methyl sites for hydroxylation is 1. The summed E-state index contributed by atoms with van der Waals surface area (Å²) in [4.78, 5) is 0. The van der Waals surface area contributed by atoms with E-state index in [1.807, 2.05) is 0 Å². The third-order valence-corrected chi connectivity index (χ3v) is 9.72. The number of hydrogen-bond acceptors (Lipinski definition) is 0. The predicted molar refractivity (Wildman–Crippen MR) is 81.9 cm³/mol. The Balaban J connectivity index is 3.09. The van der Waals surface area contributed by atoms with E-state index in [4.69, 9.17) is 0 Å². The predicted octanol–water partition coefficient (Wildman–Crippen LogP) is 4.88. The summed E-state index contributed by atoms with van der Waals surface area (Å²) in [5.41, 5.74) is 1.43. The quantitative estimate of drug-likeness (QED) is 0.603. The molecule has 1 aromatic rings. The summed E-state index contributed by atoms with van der Waals surface area (Å²) in [5.74, 6) is 0. The van der Waals surface area contributed by atoms with Crippen molar-refractivity contribution >= 4 is 13.3 Å². The average Bonchev–Trinajstić information content (AvgIpc) is 2.30. The standard InChI is InChI=1S/C16H28Si/c1-5-11-17(12-6-2,13-7-3)16-10-8-9-15(4)14-16/h8-10,14H,5-7,11-13H2,1-4H3. The highest BCUT2D eigenvalue weighted by molar-refractivity contribution is 6.91. The van der Waals surface area contributed by atoms with Gasteiger partial charge in [0.15, 0.2) is 0 Å². The minimum atomic E-state index is -1.20. The van der Waals surface area contributed by atoms with Crippen LogP contribution in [0.2, 0.25) is 18.1 Å². The van der Waals surface area contributed by atoms with Crippen LogP contribution in [-0.2, 0) is 0 Å². The largest absolute Gasteiger partial charge is 0.0867 e. The van der Waals surface area contributed by atoms with Crippen LogP contribution in [0.4, 0.5) is 0 Å². The zero-order valence-corrected chi connectivity index (χ0v) is 13.1. The van der Waals surface area contributed by atoms with Gasteiger partial charge in [-0.2, -0.15) is 0 Å². The zero-order chi connectivity index (χ0) is 12.7. The van der Waals surface area contributed by atoms with Crippen LogP contribution in [0.3, 0.4) is 0 Å². The summed E-state index contributed by atoms with van der Waals surface area (Å²) in [6.07, 6.45) is 4.04. The molecule has 0 saturated heterocycles. The maximum absolute atomic E-state index is 2.47. The van der Waals surface area contributed by atoms with E-state index in [1.165, 1.54) is 43.0 Å². The molecule has 0 aromatic heterocycles. The fourth-order valence-electron chi connectivity index (χ4n) is 3.22. The van der Waals surface area contributed by atoms with Crippen LogP contribution in [0.25, 0.3) is 0 Å². The van der Waals surface area contributed by atoms with Crippen molar-refractivity contribution in [1.29, 1.82) is 0 Å². The molecular formula is C16H28Si. The summed E-state index contributed by atoms with van der Waals surface area (Å²) < 4.78 is 0. The van der Waals surface area contributed by atoms with Crippen LogP contribution in [0, 0.1) is 6.92 Å². The Morgan fingerprint density at radius 2 is 1.41 bits per heavy atom. The Morgan fingerprint density at radius 1 is 0.882 bits per heavy atom. The van der Waals surface area contributed by atoms with E-state index >= 15 is 0 Å². The molecule has 0 saturated carbocycles. The maximum Gasteiger partial charge on any atom is 0.0867 e. The molecule has 1 rings (SSSR count). The normalized spacial score (nSPS) is 11.8. The van der Waals surface area contributed by atoms with Gasteiger partial charge in [0.25, 0.3) is 0 Å². The molecule has 0 aliphatic rings.